The molecule has 0 bridgehead atoms. The number of aldehydes is 1. The van der Waals surface area contributed by atoms with Crippen LogP contribution in [0.2, 0.25) is 0 Å². The summed E-state index contributed by atoms with van der Waals surface area (Å²) >= 11 is 0. The molecule has 2 aromatic rings. The van der Waals surface area contributed by atoms with Gasteiger partial charge in [0.15, 0.2) is 0 Å². The first-order chi connectivity index (χ1) is 10.9. The van der Waals surface area contributed by atoms with E-state index in [1.54, 1.807) is 6.08 Å². The van der Waals surface area contributed by atoms with Crippen molar-refractivity contribution in [3.63, 3.8) is 0 Å². The van der Waals surface area contributed by atoms with Crippen LogP contribution in [0, 0.1) is 0 Å². The molecular weight excluding hydrogens is 274 g/mol. The van der Waals surface area contributed by atoms with E-state index in [1.807, 2.05) is 30.5 Å². The lowest BCUT2D eigenvalue weighted by atomic mass is 10.1. The molecule has 1 aromatic heterocycles. The van der Waals surface area contributed by atoms with Gasteiger partial charge in [-0.1, -0.05) is 30.3 Å². The predicted molar refractivity (Wildman–Crippen MR) is 89.9 cm³/mol. The van der Waals surface area contributed by atoms with Gasteiger partial charge in [-0.05, 0) is 29.3 Å². The Hall–Kier alpha value is -2.46. The van der Waals surface area contributed by atoms with Crippen molar-refractivity contribution in [1.82, 2.24) is 10.3 Å². The van der Waals surface area contributed by atoms with Gasteiger partial charge in [-0.15, -0.1) is 0 Å². The van der Waals surface area contributed by atoms with Gasteiger partial charge in [0.05, 0.1) is 0 Å². The lowest BCUT2D eigenvalue weighted by Crippen LogP contribution is -2.43. The Labute approximate surface area is 130 Å². The van der Waals surface area contributed by atoms with E-state index in [1.165, 1.54) is 6.08 Å². The van der Waals surface area contributed by atoms with E-state index in [-0.39, 0.29) is 0 Å². The third-order valence-corrected chi connectivity index (χ3v) is 3.80. The third-order valence-electron chi connectivity index (χ3n) is 3.80. The average Bonchev–Trinajstić information content (AvgIpc) is 2.61. The standard InChI is InChI=1S/C18H19N3O/c22-13-1-2-15-3-5-16(6-4-15)17-7-8-18(20-14-17)21-11-9-19-10-12-21/h1-8,13-14,19H,9-12H2/b2-1+. The lowest BCUT2D eigenvalue weighted by molar-refractivity contribution is -0.104. The molecule has 0 atom stereocenters. The second-order valence-corrected chi connectivity index (χ2v) is 5.26. The van der Waals surface area contributed by atoms with Crippen LogP contribution in [0.25, 0.3) is 17.2 Å². The van der Waals surface area contributed by atoms with E-state index in [2.05, 4.69) is 27.3 Å². The van der Waals surface area contributed by atoms with Gasteiger partial charge in [0.1, 0.15) is 12.1 Å². The number of anilines is 1. The number of aromatic nitrogens is 1. The smallest absolute Gasteiger partial charge is 0.142 e. The van der Waals surface area contributed by atoms with Crippen molar-refractivity contribution in [2.24, 2.45) is 0 Å². The van der Waals surface area contributed by atoms with Crippen LogP contribution in [0.15, 0.2) is 48.7 Å². The summed E-state index contributed by atoms with van der Waals surface area (Å²) in [6.45, 7) is 4.03. The number of piperazine rings is 1. The number of benzene rings is 1. The Balaban J connectivity index is 1.74. The molecule has 1 aliphatic heterocycles. The van der Waals surface area contributed by atoms with Crippen molar-refractivity contribution in [2.45, 2.75) is 0 Å². The molecule has 3 rings (SSSR count). The van der Waals surface area contributed by atoms with Crippen molar-refractivity contribution in [1.29, 1.82) is 0 Å². The number of allylic oxidation sites excluding steroid dienone is 1. The highest BCUT2D eigenvalue weighted by Crippen LogP contribution is 2.22. The molecule has 112 valence electrons. The van der Waals surface area contributed by atoms with Gasteiger partial charge in [0.25, 0.3) is 0 Å². The number of hydrogen-bond donors (Lipinski definition) is 1. The molecule has 1 saturated heterocycles. The quantitative estimate of drug-likeness (QED) is 0.694. The van der Waals surface area contributed by atoms with Crippen LogP contribution < -0.4 is 10.2 Å². The average molecular weight is 293 g/mol. The summed E-state index contributed by atoms with van der Waals surface area (Å²) in [4.78, 5) is 17.2. The van der Waals surface area contributed by atoms with Crippen LogP contribution in [-0.4, -0.2) is 37.4 Å². The molecule has 22 heavy (non-hydrogen) atoms. The number of carbonyl (C=O) groups is 1. The van der Waals surface area contributed by atoms with E-state index < -0.39 is 0 Å². The highest BCUT2D eigenvalue weighted by molar-refractivity contribution is 5.74. The Bertz CT molecular complexity index is 641. The molecule has 1 aromatic carbocycles. The van der Waals surface area contributed by atoms with E-state index in [9.17, 15) is 4.79 Å². The maximum Gasteiger partial charge on any atom is 0.142 e. The number of pyridine rings is 1. The molecule has 0 unspecified atom stereocenters. The van der Waals surface area contributed by atoms with E-state index in [0.717, 1.165) is 55.0 Å². The Morgan fingerprint density at radius 3 is 2.36 bits per heavy atom. The summed E-state index contributed by atoms with van der Waals surface area (Å²) in [5.74, 6) is 1.04. The second-order valence-electron chi connectivity index (χ2n) is 5.26. The Morgan fingerprint density at radius 2 is 1.73 bits per heavy atom. The van der Waals surface area contributed by atoms with Gasteiger partial charge >= 0.3 is 0 Å². The van der Waals surface area contributed by atoms with Gasteiger partial charge in [0, 0.05) is 37.9 Å². The predicted octanol–water partition coefficient (Wildman–Crippen LogP) is 2.37. The summed E-state index contributed by atoms with van der Waals surface area (Å²) in [5.41, 5.74) is 3.24. The maximum absolute atomic E-state index is 10.3. The molecule has 0 aliphatic carbocycles. The molecule has 1 fully saturated rings. The molecule has 0 amide bonds. The highest BCUT2D eigenvalue weighted by atomic mass is 16.1. The summed E-state index contributed by atoms with van der Waals surface area (Å²) in [6.07, 6.45) is 6.00. The summed E-state index contributed by atoms with van der Waals surface area (Å²) in [7, 11) is 0. The van der Waals surface area contributed by atoms with E-state index in [4.69, 9.17) is 0 Å². The molecule has 0 spiro atoms. The summed E-state index contributed by atoms with van der Waals surface area (Å²) in [6, 6.07) is 12.3. The number of rotatable bonds is 4. The Kier molecular flexibility index (Phi) is 4.61. The number of carbonyl (C=O) groups excluding carboxylic acids is 1. The van der Waals surface area contributed by atoms with Crippen molar-refractivity contribution in [3.05, 3.63) is 54.2 Å². The van der Waals surface area contributed by atoms with Crippen molar-refractivity contribution < 1.29 is 4.79 Å². The number of nitrogens with zero attached hydrogens (tertiary/aromatic N) is 2. The normalized spacial score (nSPS) is 15.2. The second kappa shape index (κ2) is 7.00. The minimum absolute atomic E-state index is 0.784. The van der Waals surface area contributed by atoms with Crippen LogP contribution in [0.5, 0.6) is 0 Å². The molecular formula is C18H19N3O. The van der Waals surface area contributed by atoms with Gasteiger partial charge in [-0.2, -0.15) is 0 Å². The van der Waals surface area contributed by atoms with Crippen LogP contribution in [0.3, 0.4) is 0 Å². The van der Waals surface area contributed by atoms with Crippen molar-refractivity contribution >= 4 is 18.2 Å². The third kappa shape index (κ3) is 3.40. The zero-order valence-corrected chi connectivity index (χ0v) is 12.4. The minimum Gasteiger partial charge on any atom is -0.354 e. The molecule has 0 saturated carbocycles. The first-order valence-electron chi connectivity index (χ1n) is 7.51. The van der Waals surface area contributed by atoms with E-state index in [0.29, 0.717) is 0 Å². The Morgan fingerprint density at radius 1 is 1.00 bits per heavy atom. The minimum atomic E-state index is 0.784. The number of hydrogen-bond acceptors (Lipinski definition) is 4. The van der Waals surface area contributed by atoms with Crippen LogP contribution in [0.1, 0.15) is 5.56 Å². The topological polar surface area (TPSA) is 45.2 Å². The molecule has 4 heteroatoms. The van der Waals surface area contributed by atoms with Crippen molar-refractivity contribution in [3.8, 4) is 11.1 Å². The van der Waals surface area contributed by atoms with Crippen molar-refractivity contribution in [2.75, 3.05) is 31.1 Å². The van der Waals surface area contributed by atoms with E-state index >= 15 is 0 Å². The largest absolute Gasteiger partial charge is 0.354 e. The van der Waals surface area contributed by atoms with Crippen LogP contribution >= 0.6 is 0 Å². The van der Waals surface area contributed by atoms with Crippen LogP contribution in [0.4, 0.5) is 5.82 Å². The van der Waals surface area contributed by atoms with Crippen LogP contribution in [-0.2, 0) is 4.79 Å². The lowest BCUT2D eigenvalue weighted by Gasteiger charge is -2.28. The molecule has 1 N–H and O–H groups in total. The fourth-order valence-corrected chi connectivity index (χ4v) is 2.57. The monoisotopic (exact) mass is 293 g/mol. The molecule has 4 nitrogen and oxygen atoms in total. The first-order valence-corrected chi connectivity index (χ1v) is 7.51. The highest BCUT2D eigenvalue weighted by Gasteiger charge is 2.11. The number of nitrogens with one attached hydrogen (secondary N) is 1. The van der Waals surface area contributed by atoms with Gasteiger partial charge < -0.3 is 10.2 Å². The van der Waals surface area contributed by atoms with Gasteiger partial charge in [-0.3, -0.25) is 4.79 Å². The molecule has 1 aliphatic rings. The molecule has 0 radical (unpaired) electrons. The summed E-state index contributed by atoms with van der Waals surface area (Å²) < 4.78 is 0. The fourth-order valence-electron chi connectivity index (χ4n) is 2.57. The SMILES string of the molecule is O=C/C=C/c1ccc(-c2ccc(N3CCNCC3)nc2)cc1. The zero-order chi connectivity index (χ0) is 15.2. The first kappa shape index (κ1) is 14.5. The van der Waals surface area contributed by atoms with Gasteiger partial charge in [-0.25, -0.2) is 4.98 Å². The fraction of sp³-hybridized carbons (Fsp3) is 0.222. The maximum atomic E-state index is 10.3. The molecule has 2 heterocycles. The zero-order valence-electron chi connectivity index (χ0n) is 12.4. The van der Waals surface area contributed by atoms with Gasteiger partial charge in [0.2, 0.25) is 0 Å². The summed E-state index contributed by atoms with van der Waals surface area (Å²) in [5, 5.41) is 3.34.